The van der Waals surface area contributed by atoms with Gasteiger partial charge in [-0.3, -0.25) is 28.8 Å². The molecule has 0 aliphatic carbocycles. The highest BCUT2D eigenvalue weighted by Gasteiger charge is 2.00. The summed E-state index contributed by atoms with van der Waals surface area (Å²) in [5.74, 6) is -3.06. The van der Waals surface area contributed by atoms with Gasteiger partial charge in [0.05, 0.1) is 0 Å². The topological polar surface area (TPSA) is 130 Å². The maximum absolute atomic E-state index is 10.2. The maximum atomic E-state index is 10.2. The Morgan fingerprint density at radius 1 is 0.520 bits per heavy atom. The van der Waals surface area contributed by atoms with Crippen molar-refractivity contribution >= 4 is 53.2 Å². The zero-order valence-corrected chi connectivity index (χ0v) is 16.5. The van der Waals surface area contributed by atoms with Gasteiger partial charge in [-0.2, -0.15) is 0 Å². The number of carbonyl (C=O) groups excluding carboxylic acids is 6. The van der Waals surface area contributed by atoms with E-state index in [1.807, 2.05) is 0 Å². The van der Waals surface area contributed by atoms with Crippen LogP contribution in [0, 0.1) is 0 Å². The third kappa shape index (κ3) is 34.3. The van der Waals surface area contributed by atoms with Gasteiger partial charge >= 0.3 is 35.8 Å². The number of rotatable bonds is 3. The van der Waals surface area contributed by atoms with Crippen LogP contribution in [0.25, 0.3) is 0 Å². The van der Waals surface area contributed by atoms with Crippen molar-refractivity contribution in [1.82, 2.24) is 0 Å². The molecule has 0 atom stereocenters. The number of hydrogen-bond acceptors (Lipinski definition) is 9. The minimum absolute atomic E-state index is 0. The molecule has 0 aromatic heterocycles. The predicted molar refractivity (Wildman–Crippen MR) is 86.9 cm³/mol. The van der Waals surface area contributed by atoms with Gasteiger partial charge in [0.25, 0.3) is 0 Å². The first-order valence-corrected chi connectivity index (χ1v) is 7.13. The quantitative estimate of drug-likeness (QED) is 0.308. The van der Waals surface area contributed by atoms with Crippen molar-refractivity contribution in [3.05, 3.63) is 0 Å². The highest BCUT2D eigenvalue weighted by molar-refractivity contribution is 5.84. The third-order valence-electron chi connectivity index (χ3n) is 1.64. The van der Waals surface area contributed by atoms with Crippen LogP contribution in [0.4, 0.5) is 0 Å². The van der Waals surface area contributed by atoms with E-state index in [-0.39, 0.29) is 36.6 Å². The van der Waals surface area contributed by atoms with Gasteiger partial charge in [0.15, 0.2) is 0 Å². The molecule has 0 aliphatic heterocycles. The summed E-state index contributed by atoms with van der Waals surface area (Å²) in [6.07, 6.45) is 0.749. The van der Waals surface area contributed by atoms with E-state index in [0.29, 0.717) is 0 Å². The lowest BCUT2D eigenvalue weighted by atomic mass is 10.5. The molecule has 0 rings (SSSR count). The molecule has 0 unspecified atom stereocenters. The summed E-state index contributed by atoms with van der Waals surface area (Å²) in [6.45, 7) is 8.50. The molecule has 141 valence electrons. The van der Waals surface area contributed by atoms with E-state index in [1.54, 1.807) is 20.8 Å². The van der Waals surface area contributed by atoms with Crippen LogP contribution in [0.5, 0.6) is 0 Å². The van der Waals surface area contributed by atoms with E-state index in [0.717, 1.165) is 0 Å². The maximum Gasteiger partial charge on any atom is 0.313 e. The van der Waals surface area contributed by atoms with Crippen LogP contribution >= 0.6 is 0 Å². The van der Waals surface area contributed by atoms with Crippen LogP contribution in [0.1, 0.15) is 60.8 Å². The first-order valence-electron chi connectivity index (χ1n) is 7.13. The minimum Gasteiger partial charge on any atom is -0.393 e. The Bertz CT molecular complexity index is 391. The van der Waals surface area contributed by atoms with E-state index in [9.17, 15) is 28.8 Å². The lowest BCUT2D eigenvalue weighted by molar-refractivity contribution is -0.159. The Morgan fingerprint density at radius 2 is 0.680 bits per heavy atom. The Labute approximate surface area is 157 Å². The van der Waals surface area contributed by atoms with Crippen molar-refractivity contribution in [3.63, 3.8) is 0 Å². The molecule has 0 aromatic rings. The normalized spacial score (nSPS) is 7.92. The first-order chi connectivity index (χ1) is 11.0. The molecule has 0 saturated heterocycles. The van der Waals surface area contributed by atoms with E-state index in [4.69, 9.17) is 0 Å². The molecule has 9 nitrogen and oxygen atoms in total. The minimum atomic E-state index is -0.545. The highest BCUT2D eigenvalue weighted by Crippen LogP contribution is 1.84. The monoisotopic (exact) mass is 375 g/mol. The molecule has 0 saturated carbocycles. The van der Waals surface area contributed by atoms with Gasteiger partial charge < -0.3 is 14.2 Å². The first kappa shape index (κ1) is 30.8. The molecule has 0 heterocycles. The van der Waals surface area contributed by atoms with Gasteiger partial charge in [-0.25, -0.2) is 0 Å². The molecular weight excluding hydrogens is 351 g/mol. The molecule has 3 radical (unpaired) electrons. The second kappa shape index (κ2) is 20.0. The Hall–Kier alpha value is -2.05. The van der Waals surface area contributed by atoms with Crippen LogP contribution in [-0.2, 0) is 43.0 Å². The highest BCUT2D eigenvalue weighted by atomic mass is 27.0. The Morgan fingerprint density at radius 3 is 0.720 bits per heavy atom. The molecule has 25 heavy (non-hydrogen) atoms. The van der Waals surface area contributed by atoms with Gasteiger partial charge in [0, 0.05) is 57.4 Å². The number of hydrogen-bond donors (Lipinski definition) is 0. The van der Waals surface area contributed by atoms with Crippen molar-refractivity contribution in [2.75, 3.05) is 0 Å². The second-order valence-electron chi connectivity index (χ2n) is 3.96. The zero-order valence-electron chi connectivity index (χ0n) is 15.4. The van der Waals surface area contributed by atoms with Crippen molar-refractivity contribution in [2.24, 2.45) is 0 Å². The predicted octanol–water partition coefficient (Wildman–Crippen LogP) is 1.08. The summed E-state index contributed by atoms with van der Waals surface area (Å²) in [5, 5.41) is 0. The van der Waals surface area contributed by atoms with E-state index in [2.05, 4.69) is 14.2 Å². The second-order valence-corrected chi connectivity index (χ2v) is 3.96. The summed E-state index contributed by atoms with van der Waals surface area (Å²) in [6, 6.07) is 0. The molecule has 0 bridgehead atoms. The summed E-state index contributed by atoms with van der Waals surface area (Å²) in [7, 11) is 0. The molecule has 0 aliphatic rings. The van der Waals surface area contributed by atoms with Crippen LogP contribution in [0.15, 0.2) is 0 Å². The standard InChI is InChI=1S/3C5H8O3.Al/c3*1-3-5(7)8-4(2)6;/h3*3H2,1-2H3;. The fourth-order valence-electron chi connectivity index (χ4n) is 0.697. The molecule has 0 aromatic carbocycles. The van der Waals surface area contributed by atoms with Crippen LogP contribution in [-0.4, -0.2) is 53.2 Å². The fraction of sp³-hybridized carbons (Fsp3) is 0.600. The van der Waals surface area contributed by atoms with Gasteiger partial charge in [-0.05, 0) is 0 Å². The third-order valence-corrected chi connectivity index (χ3v) is 1.64. The summed E-state index contributed by atoms with van der Waals surface area (Å²) in [5.41, 5.74) is 0. The molecule has 0 amide bonds. The van der Waals surface area contributed by atoms with Crippen molar-refractivity contribution in [3.8, 4) is 0 Å². The average molecular weight is 375 g/mol. The van der Waals surface area contributed by atoms with Crippen molar-refractivity contribution in [1.29, 1.82) is 0 Å². The molecular formula is C15H24AlO9. The fourth-order valence-corrected chi connectivity index (χ4v) is 0.697. The van der Waals surface area contributed by atoms with Crippen molar-refractivity contribution in [2.45, 2.75) is 60.8 Å². The number of ether oxygens (including phenoxy) is 3. The average Bonchev–Trinajstić information content (AvgIpc) is 2.46. The SMILES string of the molecule is CCC(=O)OC(C)=O.CCC(=O)OC(C)=O.CCC(=O)OC(C)=O.[Al]. The number of esters is 6. The van der Waals surface area contributed by atoms with E-state index >= 15 is 0 Å². The summed E-state index contributed by atoms with van der Waals surface area (Å²) < 4.78 is 12.4. The summed E-state index contributed by atoms with van der Waals surface area (Å²) in [4.78, 5) is 60.4. The molecule has 0 N–H and O–H groups in total. The van der Waals surface area contributed by atoms with E-state index in [1.165, 1.54) is 20.8 Å². The van der Waals surface area contributed by atoms with Crippen LogP contribution < -0.4 is 0 Å². The van der Waals surface area contributed by atoms with Gasteiger partial charge in [0.2, 0.25) is 0 Å². The van der Waals surface area contributed by atoms with Crippen LogP contribution in [0.2, 0.25) is 0 Å². The molecule has 0 fully saturated rings. The zero-order chi connectivity index (χ0) is 19.7. The van der Waals surface area contributed by atoms with Gasteiger partial charge in [-0.1, -0.05) is 20.8 Å². The smallest absolute Gasteiger partial charge is 0.313 e. The molecule has 10 heteroatoms. The summed E-state index contributed by atoms with van der Waals surface area (Å²) >= 11 is 0. The van der Waals surface area contributed by atoms with Gasteiger partial charge in [-0.15, -0.1) is 0 Å². The lowest BCUT2D eigenvalue weighted by Gasteiger charge is -1.92. The largest absolute Gasteiger partial charge is 0.393 e. The van der Waals surface area contributed by atoms with Gasteiger partial charge in [0.1, 0.15) is 0 Å². The lowest BCUT2D eigenvalue weighted by Crippen LogP contribution is -2.06. The Balaban J connectivity index is -0.000000130. The number of carbonyl (C=O) groups is 6. The van der Waals surface area contributed by atoms with E-state index < -0.39 is 35.8 Å². The van der Waals surface area contributed by atoms with Crippen LogP contribution in [0.3, 0.4) is 0 Å². The molecule has 0 spiro atoms. The van der Waals surface area contributed by atoms with Crippen molar-refractivity contribution < 1.29 is 43.0 Å². The Kier molecular flexibility index (Phi) is 24.6.